The molecular weight excluding hydrogens is 518 g/mol. The second-order valence-electron chi connectivity index (χ2n) is 10.7. The Hall–Kier alpha value is -5.34. The first-order valence-electron chi connectivity index (χ1n) is 14.1. The fourth-order valence-corrected chi connectivity index (χ4v) is 6.65. The molecular formula is C40H24F2. The number of benzene rings is 8. The third-order valence-corrected chi connectivity index (χ3v) is 8.38. The second-order valence-corrected chi connectivity index (χ2v) is 10.7. The van der Waals surface area contributed by atoms with E-state index in [0.29, 0.717) is 0 Å². The van der Waals surface area contributed by atoms with Crippen LogP contribution < -0.4 is 0 Å². The lowest BCUT2D eigenvalue weighted by molar-refractivity contribution is 0.627. The highest BCUT2D eigenvalue weighted by Gasteiger charge is 2.22. The van der Waals surface area contributed by atoms with Crippen molar-refractivity contribution < 1.29 is 8.78 Å². The standard InChI is InChI=1S/C40H24F2/c41-27-21-17-25(18-22-27)37-29-9-1-5-13-33(29)39(34-14-6-2-10-30(34)37)40-35-15-7-3-11-31(35)38(26-19-23-28(42)24-20-26)32-12-4-8-16-36(32)40/h1-24H. The fraction of sp³-hybridized carbons (Fsp3) is 0. The van der Waals surface area contributed by atoms with Gasteiger partial charge in [0.15, 0.2) is 0 Å². The van der Waals surface area contributed by atoms with Crippen LogP contribution in [0.2, 0.25) is 0 Å². The molecule has 0 unspecified atom stereocenters. The monoisotopic (exact) mass is 542 g/mol. The van der Waals surface area contributed by atoms with Gasteiger partial charge in [-0.1, -0.05) is 121 Å². The maximum atomic E-state index is 14.0. The number of halogens is 2. The molecule has 0 radical (unpaired) electrons. The summed E-state index contributed by atoms with van der Waals surface area (Å²) >= 11 is 0. The van der Waals surface area contributed by atoms with Gasteiger partial charge in [0, 0.05) is 0 Å². The predicted molar refractivity (Wildman–Crippen MR) is 173 cm³/mol. The summed E-state index contributed by atoms with van der Waals surface area (Å²) in [6, 6.07) is 47.7. The average molecular weight is 543 g/mol. The zero-order chi connectivity index (χ0) is 28.2. The van der Waals surface area contributed by atoms with Crippen molar-refractivity contribution in [3.63, 3.8) is 0 Å². The van der Waals surface area contributed by atoms with E-state index < -0.39 is 0 Å². The minimum absolute atomic E-state index is 0.247. The SMILES string of the molecule is Fc1ccc(-c2c3ccccc3c(-c3c4ccccc4c(-c4ccc(F)cc4)c4ccccc34)c3ccccc23)cc1. The van der Waals surface area contributed by atoms with Crippen LogP contribution in [-0.4, -0.2) is 0 Å². The normalized spacial score (nSPS) is 11.6. The Labute approximate surface area is 242 Å². The third kappa shape index (κ3) is 3.73. The van der Waals surface area contributed by atoms with Gasteiger partial charge < -0.3 is 0 Å². The van der Waals surface area contributed by atoms with Crippen LogP contribution in [0.5, 0.6) is 0 Å². The predicted octanol–water partition coefficient (Wildman–Crippen LogP) is 11.6. The Balaban J connectivity index is 1.58. The van der Waals surface area contributed by atoms with Gasteiger partial charge in [0.2, 0.25) is 0 Å². The van der Waals surface area contributed by atoms with Crippen molar-refractivity contribution in [1.82, 2.24) is 0 Å². The molecule has 8 aromatic rings. The van der Waals surface area contributed by atoms with E-state index in [9.17, 15) is 8.78 Å². The lowest BCUT2D eigenvalue weighted by atomic mass is 9.81. The van der Waals surface area contributed by atoms with Crippen molar-refractivity contribution in [3.8, 4) is 33.4 Å². The van der Waals surface area contributed by atoms with Crippen molar-refractivity contribution >= 4 is 43.1 Å². The van der Waals surface area contributed by atoms with Crippen LogP contribution in [0.15, 0.2) is 146 Å². The highest BCUT2D eigenvalue weighted by Crippen LogP contribution is 2.49. The summed E-state index contributed by atoms with van der Waals surface area (Å²) in [6.45, 7) is 0. The summed E-state index contributed by atoms with van der Waals surface area (Å²) in [4.78, 5) is 0. The van der Waals surface area contributed by atoms with Crippen LogP contribution in [0.25, 0.3) is 76.5 Å². The van der Waals surface area contributed by atoms with Crippen LogP contribution in [0, 0.1) is 11.6 Å². The molecule has 0 aromatic heterocycles. The van der Waals surface area contributed by atoms with E-state index >= 15 is 0 Å². The summed E-state index contributed by atoms with van der Waals surface area (Å²) in [5.41, 5.74) is 6.51. The summed E-state index contributed by atoms with van der Waals surface area (Å²) in [5.74, 6) is -0.494. The Morgan fingerprint density at radius 2 is 0.452 bits per heavy atom. The minimum Gasteiger partial charge on any atom is -0.207 e. The lowest BCUT2D eigenvalue weighted by Gasteiger charge is -2.22. The highest BCUT2D eigenvalue weighted by atomic mass is 19.1. The van der Waals surface area contributed by atoms with Gasteiger partial charge in [-0.25, -0.2) is 8.78 Å². The van der Waals surface area contributed by atoms with Crippen LogP contribution in [0.1, 0.15) is 0 Å². The third-order valence-electron chi connectivity index (χ3n) is 8.38. The molecule has 0 aliphatic rings. The molecule has 0 bridgehead atoms. The molecule has 42 heavy (non-hydrogen) atoms. The molecule has 0 saturated heterocycles. The first-order valence-corrected chi connectivity index (χ1v) is 14.1. The molecule has 0 fully saturated rings. The van der Waals surface area contributed by atoms with Crippen molar-refractivity contribution in [2.75, 3.05) is 0 Å². The van der Waals surface area contributed by atoms with Gasteiger partial charge in [-0.3, -0.25) is 0 Å². The first kappa shape index (κ1) is 24.5. The van der Waals surface area contributed by atoms with Gasteiger partial charge in [0.05, 0.1) is 0 Å². The van der Waals surface area contributed by atoms with E-state index in [0.717, 1.165) is 65.3 Å². The van der Waals surface area contributed by atoms with Gasteiger partial charge >= 0.3 is 0 Å². The van der Waals surface area contributed by atoms with E-state index in [1.54, 1.807) is 0 Å². The molecule has 0 aliphatic carbocycles. The van der Waals surface area contributed by atoms with Crippen LogP contribution >= 0.6 is 0 Å². The zero-order valence-electron chi connectivity index (χ0n) is 22.6. The molecule has 0 saturated carbocycles. The van der Waals surface area contributed by atoms with E-state index in [2.05, 4.69) is 97.1 Å². The van der Waals surface area contributed by atoms with Crippen molar-refractivity contribution in [3.05, 3.63) is 157 Å². The van der Waals surface area contributed by atoms with Crippen LogP contribution in [0.3, 0.4) is 0 Å². The Morgan fingerprint density at radius 1 is 0.238 bits per heavy atom. The maximum absolute atomic E-state index is 14.0. The molecule has 0 nitrogen and oxygen atoms in total. The molecule has 0 atom stereocenters. The molecule has 2 heteroatoms. The quantitative estimate of drug-likeness (QED) is 0.195. The van der Waals surface area contributed by atoms with Gasteiger partial charge in [-0.2, -0.15) is 0 Å². The van der Waals surface area contributed by atoms with Gasteiger partial charge in [-0.15, -0.1) is 0 Å². The number of fused-ring (bicyclic) bond motifs is 4. The largest absolute Gasteiger partial charge is 0.207 e. The zero-order valence-corrected chi connectivity index (χ0v) is 22.6. The summed E-state index contributed by atoms with van der Waals surface area (Å²) in [5, 5.41) is 9.03. The number of rotatable bonds is 3. The van der Waals surface area contributed by atoms with Crippen molar-refractivity contribution in [2.24, 2.45) is 0 Å². The molecule has 0 spiro atoms. The first-order chi connectivity index (χ1) is 20.7. The Kier molecular flexibility index (Phi) is 5.61. The second kappa shape index (κ2) is 9.64. The van der Waals surface area contributed by atoms with Gasteiger partial charge in [0.25, 0.3) is 0 Å². The average Bonchev–Trinajstić information content (AvgIpc) is 3.04. The summed E-state index contributed by atoms with van der Waals surface area (Å²) < 4.78 is 27.9. The summed E-state index contributed by atoms with van der Waals surface area (Å²) in [6.07, 6.45) is 0. The van der Waals surface area contributed by atoms with E-state index in [1.165, 1.54) is 35.4 Å². The number of hydrogen-bond donors (Lipinski definition) is 0. The molecule has 8 rings (SSSR count). The van der Waals surface area contributed by atoms with Gasteiger partial charge in [0.1, 0.15) is 11.6 Å². The van der Waals surface area contributed by atoms with E-state index in [4.69, 9.17) is 0 Å². The topological polar surface area (TPSA) is 0 Å². The minimum atomic E-state index is -0.247. The van der Waals surface area contributed by atoms with E-state index in [-0.39, 0.29) is 11.6 Å². The smallest absolute Gasteiger partial charge is 0.123 e. The van der Waals surface area contributed by atoms with Crippen molar-refractivity contribution in [2.45, 2.75) is 0 Å². The summed E-state index contributed by atoms with van der Waals surface area (Å²) in [7, 11) is 0. The van der Waals surface area contributed by atoms with Crippen LogP contribution in [-0.2, 0) is 0 Å². The number of hydrogen-bond acceptors (Lipinski definition) is 0. The molecule has 0 heterocycles. The van der Waals surface area contributed by atoms with Gasteiger partial charge in [-0.05, 0) is 101 Å². The molecule has 8 aromatic carbocycles. The lowest BCUT2D eigenvalue weighted by Crippen LogP contribution is -1.94. The van der Waals surface area contributed by atoms with E-state index in [1.807, 2.05) is 24.3 Å². The molecule has 0 amide bonds. The maximum Gasteiger partial charge on any atom is 0.123 e. The molecule has 0 aliphatic heterocycles. The van der Waals surface area contributed by atoms with Crippen LogP contribution in [0.4, 0.5) is 8.78 Å². The van der Waals surface area contributed by atoms with Crippen molar-refractivity contribution in [1.29, 1.82) is 0 Å². The fourth-order valence-electron chi connectivity index (χ4n) is 6.65. The Bertz CT molecular complexity index is 2020. The molecule has 0 N–H and O–H groups in total. The Morgan fingerprint density at radius 3 is 0.690 bits per heavy atom. The highest BCUT2D eigenvalue weighted by molar-refractivity contribution is 6.29. The molecule has 198 valence electrons.